The first kappa shape index (κ1) is 17.8. The summed E-state index contributed by atoms with van der Waals surface area (Å²) in [5.74, 6) is 0.527. The van der Waals surface area contributed by atoms with E-state index >= 15 is 0 Å². The molecule has 3 atom stereocenters. The normalized spacial score (nSPS) is 20.5. The Labute approximate surface area is 157 Å². The van der Waals surface area contributed by atoms with Crippen LogP contribution in [0.5, 0.6) is 0 Å². The summed E-state index contributed by atoms with van der Waals surface area (Å²) in [4.78, 5) is 19.2. The van der Waals surface area contributed by atoms with Gasteiger partial charge in [-0.15, -0.1) is 0 Å². The van der Waals surface area contributed by atoms with Gasteiger partial charge in [-0.1, -0.05) is 18.2 Å². The number of nitrogens with two attached hydrogens (primary N) is 1. The van der Waals surface area contributed by atoms with Crippen LogP contribution in [0.25, 0.3) is 11.0 Å². The number of hydrogen-bond acceptors (Lipinski definition) is 5. The number of nitrogens with zero attached hydrogens (tertiary/aromatic N) is 2. The Morgan fingerprint density at radius 2 is 2.26 bits per heavy atom. The highest BCUT2D eigenvalue weighted by Gasteiger charge is 2.29. The number of para-hydroxylation sites is 1. The molecule has 7 nitrogen and oxygen atoms in total. The molecule has 27 heavy (non-hydrogen) atoms. The van der Waals surface area contributed by atoms with Crippen LogP contribution >= 0.6 is 0 Å². The smallest absolute Gasteiger partial charge is 0.326 e. The van der Waals surface area contributed by atoms with E-state index < -0.39 is 6.10 Å². The van der Waals surface area contributed by atoms with Crippen molar-refractivity contribution >= 4 is 16.9 Å². The van der Waals surface area contributed by atoms with Gasteiger partial charge in [0.25, 0.3) is 0 Å². The van der Waals surface area contributed by atoms with E-state index in [1.807, 2.05) is 36.5 Å². The lowest BCUT2D eigenvalue weighted by atomic mass is 9.98. The molecule has 0 saturated carbocycles. The maximum atomic E-state index is 12.2. The van der Waals surface area contributed by atoms with Crippen LogP contribution < -0.4 is 16.7 Å². The highest BCUT2D eigenvalue weighted by atomic mass is 16.3. The van der Waals surface area contributed by atoms with E-state index in [1.165, 1.54) is 0 Å². The second-order valence-corrected chi connectivity index (χ2v) is 7.36. The molecule has 0 spiro atoms. The fourth-order valence-corrected chi connectivity index (χ4v) is 3.93. The number of aromatic nitrogens is 3. The summed E-state index contributed by atoms with van der Waals surface area (Å²) in [5, 5.41) is 14.5. The molecule has 0 aliphatic carbocycles. The fraction of sp³-hybridized carbons (Fsp3) is 0.400. The minimum absolute atomic E-state index is 0.102. The standard InChI is InChI=1S/C20H25N5O2/c1-12(5-6-13-7-8-17(21)22-11-13)23-16-9-10-25-18-14(19(16)26)3-2-4-15(18)24-20(25)27/h2-4,7-8,11-12,16,19,23,26H,5-6,9-10H2,1H3,(H2,21,22)(H,24,27)/t12?,16-,19-/m1/s1. The largest absolute Gasteiger partial charge is 0.387 e. The molecule has 1 aliphatic rings. The number of aliphatic hydroxyl groups excluding tert-OH is 1. The van der Waals surface area contributed by atoms with Crippen LogP contribution in [0, 0.1) is 0 Å². The third-order valence-corrected chi connectivity index (χ3v) is 5.40. The maximum Gasteiger partial charge on any atom is 0.326 e. The maximum absolute atomic E-state index is 12.2. The van der Waals surface area contributed by atoms with Crippen molar-refractivity contribution < 1.29 is 5.11 Å². The molecule has 3 heterocycles. The molecular formula is C20H25N5O2. The molecule has 0 amide bonds. The summed E-state index contributed by atoms with van der Waals surface area (Å²) in [6.07, 6.45) is 3.66. The number of nitrogen functional groups attached to an aromatic ring is 1. The fourth-order valence-electron chi connectivity index (χ4n) is 3.93. The van der Waals surface area contributed by atoms with Crippen molar-refractivity contribution in [1.82, 2.24) is 19.9 Å². The Morgan fingerprint density at radius 3 is 3.04 bits per heavy atom. The second-order valence-electron chi connectivity index (χ2n) is 7.36. The molecule has 0 fully saturated rings. The van der Waals surface area contributed by atoms with Gasteiger partial charge in [0.15, 0.2) is 0 Å². The molecule has 5 N–H and O–H groups in total. The van der Waals surface area contributed by atoms with Gasteiger partial charge in [-0.25, -0.2) is 9.78 Å². The Morgan fingerprint density at radius 1 is 1.41 bits per heavy atom. The molecule has 0 bridgehead atoms. The van der Waals surface area contributed by atoms with Crippen LogP contribution in [-0.2, 0) is 13.0 Å². The highest BCUT2D eigenvalue weighted by Crippen LogP contribution is 2.30. The number of benzene rings is 1. The van der Waals surface area contributed by atoms with E-state index in [4.69, 9.17) is 5.73 Å². The van der Waals surface area contributed by atoms with Gasteiger partial charge in [0.1, 0.15) is 5.82 Å². The number of aromatic amines is 1. The SMILES string of the molecule is CC(CCc1ccc(N)nc1)N[C@@H]1CCn2c(=O)[nH]c3cccc(c32)[C@H]1O. The number of anilines is 1. The Balaban J connectivity index is 1.46. The van der Waals surface area contributed by atoms with E-state index in [1.54, 1.807) is 4.57 Å². The van der Waals surface area contributed by atoms with E-state index in [9.17, 15) is 9.90 Å². The minimum atomic E-state index is -0.654. The van der Waals surface area contributed by atoms with Crippen molar-refractivity contribution in [2.24, 2.45) is 0 Å². The van der Waals surface area contributed by atoms with Crippen molar-refractivity contribution in [3.05, 3.63) is 58.1 Å². The predicted octanol–water partition coefficient (Wildman–Crippen LogP) is 1.72. The number of pyridine rings is 1. The molecule has 142 valence electrons. The van der Waals surface area contributed by atoms with E-state index in [0.717, 1.165) is 35.0 Å². The summed E-state index contributed by atoms with van der Waals surface area (Å²) in [6, 6.07) is 9.58. The van der Waals surface area contributed by atoms with Crippen molar-refractivity contribution in [3.8, 4) is 0 Å². The Bertz CT molecular complexity index is 992. The minimum Gasteiger partial charge on any atom is -0.387 e. The van der Waals surface area contributed by atoms with Gasteiger partial charge in [0.2, 0.25) is 0 Å². The molecular weight excluding hydrogens is 342 g/mol. The zero-order chi connectivity index (χ0) is 19.0. The highest BCUT2D eigenvalue weighted by molar-refractivity contribution is 5.79. The number of nitrogens with one attached hydrogen (secondary N) is 2. The number of aliphatic hydroxyl groups is 1. The van der Waals surface area contributed by atoms with Crippen molar-refractivity contribution in [1.29, 1.82) is 0 Å². The monoisotopic (exact) mass is 367 g/mol. The van der Waals surface area contributed by atoms with Gasteiger partial charge >= 0.3 is 5.69 Å². The van der Waals surface area contributed by atoms with Crippen LogP contribution in [-0.4, -0.2) is 31.7 Å². The van der Waals surface area contributed by atoms with Gasteiger partial charge < -0.3 is 21.1 Å². The Hall–Kier alpha value is -2.64. The quantitative estimate of drug-likeness (QED) is 0.549. The number of H-pyrrole nitrogens is 1. The summed E-state index contributed by atoms with van der Waals surface area (Å²) in [6.45, 7) is 2.70. The summed E-state index contributed by atoms with van der Waals surface area (Å²) >= 11 is 0. The van der Waals surface area contributed by atoms with Crippen LogP contribution in [0.1, 0.15) is 37.0 Å². The second kappa shape index (κ2) is 7.17. The molecule has 3 aromatic rings. The molecule has 1 aliphatic heterocycles. The number of rotatable bonds is 5. The number of aryl methyl sites for hydroxylation is 2. The van der Waals surface area contributed by atoms with Crippen LogP contribution in [0.15, 0.2) is 41.3 Å². The van der Waals surface area contributed by atoms with Crippen molar-refractivity contribution in [2.75, 3.05) is 5.73 Å². The predicted molar refractivity (Wildman–Crippen MR) is 105 cm³/mol. The molecule has 1 aromatic carbocycles. The molecule has 1 unspecified atom stereocenters. The zero-order valence-corrected chi connectivity index (χ0v) is 15.4. The first-order chi connectivity index (χ1) is 13.0. The molecule has 0 radical (unpaired) electrons. The first-order valence-corrected chi connectivity index (χ1v) is 9.39. The van der Waals surface area contributed by atoms with Crippen LogP contribution in [0.2, 0.25) is 0 Å². The molecule has 7 heteroatoms. The third kappa shape index (κ3) is 3.48. The Kier molecular flexibility index (Phi) is 4.72. The van der Waals surface area contributed by atoms with E-state index in [0.29, 0.717) is 18.8 Å². The average molecular weight is 367 g/mol. The number of imidazole rings is 1. The zero-order valence-electron chi connectivity index (χ0n) is 15.4. The lowest BCUT2D eigenvalue weighted by Crippen LogP contribution is -2.41. The average Bonchev–Trinajstić information content (AvgIpc) is 2.91. The number of hydrogen-bond donors (Lipinski definition) is 4. The molecule has 2 aromatic heterocycles. The summed E-state index contributed by atoms with van der Waals surface area (Å²) < 4.78 is 1.74. The lowest BCUT2D eigenvalue weighted by molar-refractivity contribution is 0.119. The van der Waals surface area contributed by atoms with Gasteiger partial charge in [0, 0.05) is 30.4 Å². The molecule has 0 saturated heterocycles. The van der Waals surface area contributed by atoms with Gasteiger partial charge in [-0.2, -0.15) is 0 Å². The third-order valence-electron chi connectivity index (χ3n) is 5.40. The van der Waals surface area contributed by atoms with E-state index in [2.05, 4.69) is 22.2 Å². The van der Waals surface area contributed by atoms with Crippen LogP contribution in [0.3, 0.4) is 0 Å². The van der Waals surface area contributed by atoms with Gasteiger partial charge in [-0.3, -0.25) is 4.57 Å². The van der Waals surface area contributed by atoms with Crippen LogP contribution in [0.4, 0.5) is 5.82 Å². The molecule has 4 rings (SSSR count). The van der Waals surface area contributed by atoms with E-state index in [-0.39, 0.29) is 17.8 Å². The lowest BCUT2D eigenvalue weighted by Gasteiger charge is -2.26. The van der Waals surface area contributed by atoms with Gasteiger partial charge in [0.05, 0.1) is 17.1 Å². The first-order valence-electron chi connectivity index (χ1n) is 9.39. The topological polar surface area (TPSA) is 109 Å². The van der Waals surface area contributed by atoms with Crippen molar-refractivity contribution in [3.63, 3.8) is 0 Å². The van der Waals surface area contributed by atoms with Crippen molar-refractivity contribution in [2.45, 2.75) is 50.9 Å². The summed E-state index contributed by atoms with van der Waals surface area (Å²) in [7, 11) is 0. The summed E-state index contributed by atoms with van der Waals surface area (Å²) in [5.41, 5.74) is 9.06. The van der Waals surface area contributed by atoms with Gasteiger partial charge in [-0.05, 0) is 43.9 Å².